The summed E-state index contributed by atoms with van der Waals surface area (Å²) in [5, 5.41) is 19.3. The first-order chi connectivity index (χ1) is 9.56. The van der Waals surface area contributed by atoms with E-state index >= 15 is 0 Å². The van der Waals surface area contributed by atoms with Gasteiger partial charge in [-0.15, -0.1) is 0 Å². The number of carboxylic acid groups (broad SMARTS) is 1. The normalized spacial score (nSPS) is 13.5. The molecule has 1 aromatic rings. The summed E-state index contributed by atoms with van der Waals surface area (Å²) in [4.78, 5) is 22.2. The average Bonchev–Trinajstić information content (AvgIpc) is 2.44. The minimum atomic E-state index is -1.04. The Hall–Kier alpha value is -1.88. The lowest BCUT2D eigenvalue weighted by molar-refractivity contribution is -0.142. The zero-order valence-corrected chi connectivity index (χ0v) is 11.5. The SMILES string of the molecule is COC(=O)CCCC[C@H](O)C(C(=O)O)c1ccccc1. The molecule has 0 radical (unpaired) electrons. The number of carbonyl (C=O) groups excluding carboxylic acids is 1. The fourth-order valence-corrected chi connectivity index (χ4v) is 2.08. The molecule has 0 spiro atoms. The van der Waals surface area contributed by atoms with E-state index in [-0.39, 0.29) is 12.4 Å². The molecule has 0 aliphatic rings. The first kappa shape index (κ1) is 16.2. The molecule has 20 heavy (non-hydrogen) atoms. The molecule has 2 atom stereocenters. The number of aliphatic hydroxyl groups excluding tert-OH is 1. The molecule has 0 amide bonds. The van der Waals surface area contributed by atoms with Crippen molar-refractivity contribution in [3.05, 3.63) is 35.9 Å². The minimum absolute atomic E-state index is 0.284. The molecule has 0 saturated heterocycles. The van der Waals surface area contributed by atoms with E-state index in [1.54, 1.807) is 30.3 Å². The van der Waals surface area contributed by atoms with Crippen LogP contribution in [-0.4, -0.2) is 35.4 Å². The zero-order chi connectivity index (χ0) is 15.0. The molecule has 0 bridgehead atoms. The first-order valence-electron chi connectivity index (χ1n) is 6.59. The molecule has 5 nitrogen and oxygen atoms in total. The molecule has 0 aliphatic heterocycles. The molecule has 1 unspecified atom stereocenters. The molecular weight excluding hydrogens is 260 g/mol. The van der Waals surface area contributed by atoms with Gasteiger partial charge in [0.25, 0.3) is 0 Å². The van der Waals surface area contributed by atoms with E-state index in [1.807, 2.05) is 0 Å². The number of unbranched alkanes of at least 4 members (excludes halogenated alkanes) is 1. The zero-order valence-electron chi connectivity index (χ0n) is 11.5. The van der Waals surface area contributed by atoms with Gasteiger partial charge in [0.1, 0.15) is 5.92 Å². The van der Waals surface area contributed by atoms with E-state index in [4.69, 9.17) is 0 Å². The van der Waals surface area contributed by atoms with Crippen molar-refractivity contribution < 1.29 is 24.5 Å². The van der Waals surface area contributed by atoms with Gasteiger partial charge in [-0.2, -0.15) is 0 Å². The van der Waals surface area contributed by atoms with Gasteiger partial charge in [0.05, 0.1) is 13.2 Å². The van der Waals surface area contributed by atoms with E-state index in [2.05, 4.69) is 4.74 Å². The monoisotopic (exact) mass is 280 g/mol. The predicted molar refractivity (Wildman–Crippen MR) is 73.3 cm³/mol. The highest BCUT2D eigenvalue weighted by atomic mass is 16.5. The van der Waals surface area contributed by atoms with Crippen molar-refractivity contribution in [2.45, 2.75) is 37.7 Å². The van der Waals surface area contributed by atoms with Gasteiger partial charge < -0.3 is 14.9 Å². The Labute approximate surface area is 118 Å². The van der Waals surface area contributed by atoms with Crippen LogP contribution in [0.4, 0.5) is 0 Å². The number of methoxy groups -OCH3 is 1. The van der Waals surface area contributed by atoms with Gasteiger partial charge in [0.2, 0.25) is 0 Å². The number of benzene rings is 1. The molecule has 2 N–H and O–H groups in total. The summed E-state index contributed by atoms with van der Waals surface area (Å²) >= 11 is 0. The van der Waals surface area contributed by atoms with Crippen LogP contribution in [0.3, 0.4) is 0 Å². The van der Waals surface area contributed by atoms with E-state index in [0.717, 1.165) is 0 Å². The first-order valence-corrected chi connectivity index (χ1v) is 6.59. The number of carboxylic acids is 1. The van der Waals surface area contributed by atoms with Crippen molar-refractivity contribution in [2.24, 2.45) is 0 Å². The second kappa shape index (κ2) is 8.32. The topological polar surface area (TPSA) is 83.8 Å². The highest BCUT2D eigenvalue weighted by Gasteiger charge is 2.27. The number of ether oxygens (including phenoxy) is 1. The number of rotatable bonds is 8. The third-order valence-corrected chi connectivity index (χ3v) is 3.17. The molecule has 0 aliphatic carbocycles. The van der Waals surface area contributed by atoms with Gasteiger partial charge in [0, 0.05) is 6.42 Å². The summed E-state index contributed by atoms with van der Waals surface area (Å²) in [5.41, 5.74) is 0.584. The Balaban J connectivity index is 2.52. The van der Waals surface area contributed by atoms with Gasteiger partial charge >= 0.3 is 11.9 Å². The highest BCUT2D eigenvalue weighted by molar-refractivity contribution is 5.76. The molecule has 0 fully saturated rings. The van der Waals surface area contributed by atoms with E-state index < -0.39 is 18.0 Å². The van der Waals surface area contributed by atoms with Crippen LogP contribution in [0.15, 0.2) is 30.3 Å². The Morgan fingerprint density at radius 1 is 1.20 bits per heavy atom. The number of esters is 1. The maximum atomic E-state index is 11.3. The lowest BCUT2D eigenvalue weighted by atomic mass is 9.90. The third kappa shape index (κ3) is 5.01. The van der Waals surface area contributed by atoms with Crippen LogP contribution in [0, 0.1) is 0 Å². The Morgan fingerprint density at radius 3 is 2.40 bits per heavy atom. The van der Waals surface area contributed by atoms with Gasteiger partial charge in [-0.25, -0.2) is 0 Å². The lowest BCUT2D eigenvalue weighted by Gasteiger charge is -2.19. The average molecular weight is 280 g/mol. The fourth-order valence-electron chi connectivity index (χ4n) is 2.08. The molecule has 1 aromatic carbocycles. The fraction of sp³-hybridized carbons (Fsp3) is 0.467. The largest absolute Gasteiger partial charge is 0.481 e. The number of aliphatic hydroxyl groups is 1. The number of carbonyl (C=O) groups is 2. The maximum Gasteiger partial charge on any atom is 0.313 e. The minimum Gasteiger partial charge on any atom is -0.481 e. The number of aliphatic carboxylic acids is 1. The van der Waals surface area contributed by atoms with Crippen molar-refractivity contribution in [2.75, 3.05) is 7.11 Å². The van der Waals surface area contributed by atoms with E-state index in [0.29, 0.717) is 24.8 Å². The van der Waals surface area contributed by atoms with E-state index in [1.165, 1.54) is 7.11 Å². The van der Waals surface area contributed by atoms with Crippen LogP contribution in [0.5, 0.6) is 0 Å². The summed E-state index contributed by atoms with van der Waals surface area (Å²) < 4.78 is 4.52. The van der Waals surface area contributed by atoms with Crippen molar-refractivity contribution in [3.8, 4) is 0 Å². The van der Waals surface area contributed by atoms with Crippen molar-refractivity contribution in [1.29, 1.82) is 0 Å². The molecule has 0 saturated carbocycles. The van der Waals surface area contributed by atoms with Crippen LogP contribution < -0.4 is 0 Å². The van der Waals surface area contributed by atoms with Crippen LogP contribution in [0.25, 0.3) is 0 Å². The van der Waals surface area contributed by atoms with Crippen LogP contribution in [0.2, 0.25) is 0 Å². The summed E-state index contributed by atoms with van der Waals surface area (Å²) in [6.45, 7) is 0. The molecule has 0 aromatic heterocycles. The smallest absolute Gasteiger partial charge is 0.313 e. The second-order valence-corrected chi connectivity index (χ2v) is 4.62. The van der Waals surface area contributed by atoms with E-state index in [9.17, 15) is 19.8 Å². The van der Waals surface area contributed by atoms with Crippen LogP contribution in [0.1, 0.15) is 37.2 Å². The molecule has 110 valence electrons. The highest BCUT2D eigenvalue weighted by Crippen LogP contribution is 2.23. The van der Waals surface area contributed by atoms with Crippen molar-refractivity contribution in [1.82, 2.24) is 0 Å². The van der Waals surface area contributed by atoms with Gasteiger partial charge in [-0.05, 0) is 18.4 Å². The molecule has 5 heteroatoms. The Kier molecular flexibility index (Phi) is 6.73. The Bertz CT molecular complexity index is 429. The maximum absolute atomic E-state index is 11.3. The molecule has 1 rings (SSSR count). The predicted octanol–water partition coefficient (Wildman–Crippen LogP) is 1.95. The molecule has 0 heterocycles. The Morgan fingerprint density at radius 2 is 1.85 bits per heavy atom. The van der Waals surface area contributed by atoms with Crippen LogP contribution >= 0.6 is 0 Å². The van der Waals surface area contributed by atoms with Gasteiger partial charge in [-0.3, -0.25) is 9.59 Å². The number of hydrogen-bond acceptors (Lipinski definition) is 4. The van der Waals surface area contributed by atoms with Crippen molar-refractivity contribution >= 4 is 11.9 Å². The molecular formula is C15H20O5. The van der Waals surface area contributed by atoms with Crippen LogP contribution in [-0.2, 0) is 14.3 Å². The van der Waals surface area contributed by atoms with Gasteiger partial charge in [-0.1, -0.05) is 36.8 Å². The summed E-state index contributed by atoms with van der Waals surface area (Å²) in [5.74, 6) is -2.27. The van der Waals surface area contributed by atoms with Crippen molar-refractivity contribution in [3.63, 3.8) is 0 Å². The summed E-state index contributed by atoms with van der Waals surface area (Å²) in [6.07, 6.45) is 0.805. The quantitative estimate of drug-likeness (QED) is 0.561. The second-order valence-electron chi connectivity index (χ2n) is 4.62. The lowest BCUT2D eigenvalue weighted by Crippen LogP contribution is -2.26. The third-order valence-electron chi connectivity index (χ3n) is 3.17. The van der Waals surface area contributed by atoms with Gasteiger partial charge in [0.15, 0.2) is 0 Å². The standard InChI is InChI=1S/C15H20O5/c1-20-13(17)10-6-5-9-12(16)14(15(18)19)11-7-3-2-4-8-11/h2-4,7-8,12,14,16H,5-6,9-10H2,1H3,(H,18,19)/t12-,14?/m0/s1. The number of hydrogen-bond donors (Lipinski definition) is 2. The summed E-state index contributed by atoms with van der Waals surface area (Å²) in [7, 11) is 1.33. The summed E-state index contributed by atoms with van der Waals surface area (Å²) in [6, 6.07) is 8.67.